The number of aromatic nitrogens is 2. The van der Waals surface area contributed by atoms with Crippen molar-refractivity contribution in [3.05, 3.63) is 46.9 Å². The molecule has 0 saturated heterocycles. The van der Waals surface area contributed by atoms with Gasteiger partial charge in [0.25, 0.3) is 0 Å². The number of benzene rings is 1. The smallest absolute Gasteiger partial charge is 0.243 e. The molecule has 0 fully saturated rings. The number of hydrogen-bond donors (Lipinski definition) is 2. The molecule has 2 aromatic rings. The summed E-state index contributed by atoms with van der Waals surface area (Å²) in [5, 5.41) is 18.7. The number of nitrogens with one attached hydrogen (secondary N) is 2. The standard InChI is InChI=1S/C14H11FN4O/c1-7-11-12(8-2-4-9(15)5-3-8)10(6-16)14(20)17-13(11)19-18-7/h2-5,10,12H,1H3,(H2,17,18,19,20)/t10-,12-/m1/s1. The van der Waals surface area contributed by atoms with Crippen LogP contribution in [0.5, 0.6) is 0 Å². The van der Waals surface area contributed by atoms with E-state index in [1.54, 1.807) is 12.1 Å². The number of rotatable bonds is 1. The molecule has 0 radical (unpaired) electrons. The minimum absolute atomic E-state index is 0.355. The van der Waals surface area contributed by atoms with Crippen LogP contribution in [0.4, 0.5) is 10.2 Å². The molecule has 1 aliphatic rings. The highest BCUT2D eigenvalue weighted by Crippen LogP contribution is 2.41. The van der Waals surface area contributed by atoms with E-state index in [1.165, 1.54) is 12.1 Å². The van der Waals surface area contributed by atoms with Gasteiger partial charge in [-0.2, -0.15) is 10.4 Å². The van der Waals surface area contributed by atoms with Crippen molar-refractivity contribution in [3.63, 3.8) is 0 Å². The zero-order chi connectivity index (χ0) is 14.3. The lowest BCUT2D eigenvalue weighted by Crippen LogP contribution is -2.33. The fourth-order valence-corrected chi connectivity index (χ4v) is 2.59. The molecule has 0 spiro atoms. The van der Waals surface area contributed by atoms with Crippen LogP contribution in [0.15, 0.2) is 24.3 Å². The van der Waals surface area contributed by atoms with Crippen LogP contribution in [0, 0.1) is 30.0 Å². The normalized spacial score (nSPS) is 20.9. The van der Waals surface area contributed by atoms with Crippen LogP contribution in [-0.2, 0) is 4.79 Å². The monoisotopic (exact) mass is 270 g/mol. The highest BCUT2D eigenvalue weighted by molar-refractivity contribution is 5.98. The molecular formula is C14H11FN4O. The number of nitrogens with zero attached hydrogens (tertiary/aromatic N) is 2. The Hall–Kier alpha value is -2.68. The first-order chi connectivity index (χ1) is 9.61. The second kappa shape index (κ2) is 4.46. The zero-order valence-electron chi connectivity index (χ0n) is 10.6. The molecule has 0 saturated carbocycles. The number of aromatic amines is 1. The van der Waals surface area contributed by atoms with Gasteiger partial charge in [-0.25, -0.2) is 4.39 Å². The second-order valence-electron chi connectivity index (χ2n) is 4.74. The van der Waals surface area contributed by atoms with E-state index in [4.69, 9.17) is 0 Å². The van der Waals surface area contributed by atoms with Crippen LogP contribution in [0.3, 0.4) is 0 Å². The van der Waals surface area contributed by atoms with Crippen molar-refractivity contribution in [1.82, 2.24) is 10.2 Å². The molecule has 1 aliphatic heterocycles. The van der Waals surface area contributed by atoms with Gasteiger partial charge in [0.1, 0.15) is 11.7 Å². The average Bonchev–Trinajstić information content (AvgIpc) is 2.79. The van der Waals surface area contributed by atoms with Crippen LogP contribution >= 0.6 is 0 Å². The van der Waals surface area contributed by atoms with Crippen LogP contribution in [-0.4, -0.2) is 16.1 Å². The number of fused-ring (bicyclic) bond motifs is 1. The number of halogens is 1. The van der Waals surface area contributed by atoms with Crippen LogP contribution in [0.1, 0.15) is 22.7 Å². The first-order valence-electron chi connectivity index (χ1n) is 6.12. The summed E-state index contributed by atoms with van der Waals surface area (Å²) in [6, 6.07) is 7.87. The summed E-state index contributed by atoms with van der Waals surface area (Å²) in [5.41, 5.74) is 2.29. The van der Waals surface area contributed by atoms with E-state index in [-0.39, 0.29) is 11.7 Å². The maximum absolute atomic E-state index is 13.1. The Morgan fingerprint density at radius 1 is 1.35 bits per heavy atom. The van der Waals surface area contributed by atoms with Crippen molar-refractivity contribution in [3.8, 4) is 6.07 Å². The average molecular weight is 270 g/mol. The largest absolute Gasteiger partial charge is 0.308 e. The molecule has 1 amide bonds. The van der Waals surface area contributed by atoms with E-state index in [2.05, 4.69) is 15.5 Å². The third-order valence-corrected chi connectivity index (χ3v) is 3.53. The molecule has 3 rings (SSSR count). The minimum Gasteiger partial charge on any atom is -0.308 e. The summed E-state index contributed by atoms with van der Waals surface area (Å²) in [6.45, 7) is 1.83. The predicted molar refractivity (Wildman–Crippen MR) is 69.3 cm³/mol. The van der Waals surface area contributed by atoms with E-state index in [1.807, 2.05) is 13.0 Å². The molecule has 6 heteroatoms. The minimum atomic E-state index is -0.857. The number of anilines is 1. The summed E-state index contributed by atoms with van der Waals surface area (Å²) in [7, 11) is 0. The Morgan fingerprint density at radius 3 is 2.70 bits per heavy atom. The lowest BCUT2D eigenvalue weighted by Gasteiger charge is -2.27. The van der Waals surface area contributed by atoms with Gasteiger partial charge in [-0.15, -0.1) is 0 Å². The van der Waals surface area contributed by atoms with Gasteiger partial charge in [0.05, 0.1) is 6.07 Å². The van der Waals surface area contributed by atoms with Crippen molar-refractivity contribution >= 4 is 11.7 Å². The number of nitriles is 1. The van der Waals surface area contributed by atoms with Crippen molar-refractivity contribution in [2.45, 2.75) is 12.8 Å². The van der Waals surface area contributed by atoms with Crippen LogP contribution in [0.2, 0.25) is 0 Å². The molecule has 1 aromatic carbocycles. The number of aryl methyl sites for hydroxylation is 1. The molecule has 0 unspecified atom stereocenters. The van der Waals surface area contributed by atoms with E-state index in [0.29, 0.717) is 5.82 Å². The fourth-order valence-electron chi connectivity index (χ4n) is 2.59. The lowest BCUT2D eigenvalue weighted by molar-refractivity contribution is -0.119. The van der Waals surface area contributed by atoms with E-state index < -0.39 is 11.8 Å². The third-order valence-electron chi connectivity index (χ3n) is 3.53. The Morgan fingerprint density at radius 2 is 2.05 bits per heavy atom. The van der Waals surface area contributed by atoms with Gasteiger partial charge in [0.15, 0.2) is 5.82 Å². The Bertz CT molecular complexity index is 714. The number of hydrogen-bond acceptors (Lipinski definition) is 3. The molecule has 100 valence electrons. The predicted octanol–water partition coefficient (Wildman–Crippen LogP) is 2.08. The molecule has 0 bridgehead atoms. The fraction of sp³-hybridized carbons (Fsp3) is 0.214. The van der Waals surface area contributed by atoms with Gasteiger partial charge in [0, 0.05) is 17.2 Å². The number of amides is 1. The van der Waals surface area contributed by atoms with Crippen molar-refractivity contribution in [2.24, 2.45) is 5.92 Å². The van der Waals surface area contributed by atoms with Gasteiger partial charge in [-0.1, -0.05) is 12.1 Å². The Balaban J connectivity index is 2.19. The molecule has 0 aliphatic carbocycles. The summed E-state index contributed by atoms with van der Waals surface area (Å²) in [5.74, 6) is -1.60. The molecule has 5 nitrogen and oxygen atoms in total. The number of carbonyl (C=O) groups is 1. The highest BCUT2D eigenvalue weighted by atomic mass is 19.1. The third kappa shape index (κ3) is 1.75. The molecule has 2 N–H and O–H groups in total. The summed E-state index contributed by atoms with van der Waals surface area (Å²) in [6.07, 6.45) is 0. The first kappa shape index (κ1) is 12.4. The highest BCUT2D eigenvalue weighted by Gasteiger charge is 2.39. The number of H-pyrrole nitrogens is 1. The van der Waals surface area contributed by atoms with E-state index >= 15 is 0 Å². The summed E-state index contributed by atoms with van der Waals surface area (Å²) >= 11 is 0. The van der Waals surface area contributed by atoms with Gasteiger partial charge in [-0.3, -0.25) is 9.89 Å². The maximum Gasteiger partial charge on any atom is 0.243 e. The lowest BCUT2D eigenvalue weighted by atomic mass is 9.78. The van der Waals surface area contributed by atoms with Crippen molar-refractivity contribution in [1.29, 1.82) is 5.26 Å². The zero-order valence-corrected chi connectivity index (χ0v) is 10.6. The Kier molecular flexibility index (Phi) is 2.75. The maximum atomic E-state index is 13.1. The van der Waals surface area contributed by atoms with E-state index in [9.17, 15) is 14.4 Å². The molecule has 2 atom stereocenters. The molecule has 1 aromatic heterocycles. The van der Waals surface area contributed by atoms with Gasteiger partial charge < -0.3 is 5.32 Å². The number of carbonyl (C=O) groups excluding carboxylic acids is 1. The summed E-state index contributed by atoms with van der Waals surface area (Å²) < 4.78 is 13.1. The van der Waals surface area contributed by atoms with Crippen molar-refractivity contribution in [2.75, 3.05) is 5.32 Å². The molecule has 20 heavy (non-hydrogen) atoms. The second-order valence-corrected chi connectivity index (χ2v) is 4.74. The van der Waals surface area contributed by atoms with Crippen LogP contribution < -0.4 is 5.32 Å². The van der Waals surface area contributed by atoms with Crippen LogP contribution in [0.25, 0.3) is 0 Å². The Labute approximate surface area is 114 Å². The van der Waals surface area contributed by atoms with Gasteiger partial charge >= 0.3 is 0 Å². The first-order valence-corrected chi connectivity index (χ1v) is 6.12. The van der Waals surface area contributed by atoms with Gasteiger partial charge in [0.2, 0.25) is 5.91 Å². The van der Waals surface area contributed by atoms with Crippen molar-refractivity contribution < 1.29 is 9.18 Å². The summed E-state index contributed by atoms with van der Waals surface area (Å²) in [4.78, 5) is 12.0. The molecular weight excluding hydrogens is 259 g/mol. The SMILES string of the molecule is Cc1[nH]nc2c1[C@H](c1ccc(F)cc1)[C@@H](C#N)C(=O)N2. The van der Waals surface area contributed by atoms with E-state index in [0.717, 1.165) is 16.8 Å². The quantitative estimate of drug-likeness (QED) is 0.832. The topological polar surface area (TPSA) is 81.6 Å². The van der Waals surface area contributed by atoms with Gasteiger partial charge in [-0.05, 0) is 24.6 Å². The molecule has 2 heterocycles.